The summed E-state index contributed by atoms with van der Waals surface area (Å²) in [5, 5.41) is 13.9. The molecule has 3 aromatic carbocycles. The third-order valence-electron chi connectivity index (χ3n) is 4.96. The van der Waals surface area contributed by atoms with Crippen LogP contribution in [0.5, 0.6) is 5.75 Å². The summed E-state index contributed by atoms with van der Waals surface area (Å²) in [6, 6.07) is 21.8. The molecule has 0 spiro atoms. The lowest BCUT2D eigenvalue weighted by Crippen LogP contribution is -2.20. The molecule has 0 unspecified atom stereocenters. The zero-order chi connectivity index (χ0) is 23.4. The molecular formula is C25H22N4O4. The molecule has 0 fully saturated rings. The number of carboxylic acids is 1. The highest BCUT2D eigenvalue weighted by Gasteiger charge is 2.13. The van der Waals surface area contributed by atoms with E-state index in [2.05, 4.69) is 10.1 Å². The Hall–Kier alpha value is -4.46. The van der Waals surface area contributed by atoms with E-state index in [4.69, 9.17) is 9.84 Å². The summed E-state index contributed by atoms with van der Waals surface area (Å²) in [5.74, 6) is -0.349. The zero-order valence-electron chi connectivity index (χ0n) is 18.2. The van der Waals surface area contributed by atoms with Gasteiger partial charge in [-0.05, 0) is 24.3 Å². The molecule has 0 aliphatic carbocycles. The molecular weight excluding hydrogens is 420 g/mol. The maximum Gasteiger partial charge on any atom is 0.341 e. The minimum Gasteiger partial charge on any atom is -0.481 e. The summed E-state index contributed by atoms with van der Waals surface area (Å²) in [6.07, 6.45) is 1.47. The number of para-hydroxylation sites is 1. The predicted molar refractivity (Wildman–Crippen MR) is 128 cm³/mol. The summed E-state index contributed by atoms with van der Waals surface area (Å²) in [7, 11) is 3.74. The molecule has 8 nitrogen and oxygen atoms in total. The Kier molecular flexibility index (Phi) is 6.17. The van der Waals surface area contributed by atoms with Crippen molar-refractivity contribution in [3.05, 3.63) is 88.7 Å². The van der Waals surface area contributed by atoms with Gasteiger partial charge >= 0.3 is 5.97 Å². The van der Waals surface area contributed by atoms with Crippen LogP contribution in [0, 0.1) is 0 Å². The van der Waals surface area contributed by atoms with Gasteiger partial charge in [0, 0.05) is 37.0 Å². The third-order valence-corrected chi connectivity index (χ3v) is 4.96. The van der Waals surface area contributed by atoms with Gasteiger partial charge in [0.15, 0.2) is 12.4 Å². The van der Waals surface area contributed by atoms with Gasteiger partial charge in [-0.2, -0.15) is 9.78 Å². The predicted octanol–water partition coefficient (Wildman–Crippen LogP) is 3.48. The Bertz CT molecular complexity index is 1390. The molecule has 4 rings (SSSR count). The van der Waals surface area contributed by atoms with Crippen LogP contribution >= 0.6 is 0 Å². The lowest BCUT2D eigenvalue weighted by atomic mass is 10.2. The number of nitrogens with zero attached hydrogens (tertiary/aromatic N) is 4. The van der Waals surface area contributed by atoms with E-state index in [1.165, 1.54) is 10.9 Å². The van der Waals surface area contributed by atoms with Gasteiger partial charge in [-0.25, -0.2) is 9.78 Å². The highest BCUT2D eigenvalue weighted by molar-refractivity contribution is 5.86. The number of fused-ring (bicyclic) bond motifs is 1. The van der Waals surface area contributed by atoms with Crippen molar-refractivity contribution in [1.29, 1.82) is 0 Å². The fraction of sp³-hybridized carbons (Fsp3) is 0.120. The minimum atomic E-state index is -1.09. The topological polar surface area (TPSA) is 97.0 Å². The molecule has 0 saturated carbocycles. The van der Waals surface area contributed by atoms with E-state index in [-0.39, 0.29) is 5.56 Å². The summed E-state index contributed by atoms with van der Waals surface area (Å²) in [6.45, 7) is -0.496. The van der Waals surface area contributed by atoms with Gasteiger partial charge in [0.05, 0.1) is 17.1 Å². The number of carboxylic acid groups (broad SMARTS) is 1. The van der Waals surface area contributed by atoms with Crippen LogP contribution in [0.3, 0.4) is 0 Å². The van der Waals surface area contributed by atoms with Crippen LogP contribution in [0.4, 0.5) is 5.69 Å². The number of hydrogen-bond acceptors (Lipinski definition) is 6. The van der Waals surface area contributed by atoms with Crippen molar-refractivity contribution in [3.63, 3.8) is 0 Å². The Morgan fingerprint density at radius 3 is 2.55 bits per heavy atom. The average molecular weight is 442 g/mol. The SMILES string of the molecule is CN(C)c1ccc(C=Nn2c(-c3ccccc3)nc3ccccc3c2=O)c(OCC(=O)O)c1. The molecule has 0 aliphatic heterocycles. The van der Waals surface area contributed by atoms with E-state index in [9.17, 15) is 9.59 Å². The first-order chi connectivity index (χ1) is 15.9. The highest BCUT2D eigenvalue weighted by atomic mass is 16.5. The normalized spacial score (nSPS) is 11.1. The largest absolute Gasteiger partial charge is 0.481 e. The number of aromatic nitrogens is 2. The van der Waals surface area contributed by atoms with Crippen molar-refractivity contribution in [2.75, 3.05) is 25.6 Å². The second-order valence-electron chi connectivity index (χ2n) is 7.48. The van der Waals surface area contributed by atoms with E-state index in [0.717, 1.165) is 11.3 Å². The maximum absolute atomic E-state index is 13.3. The Labute approximate surface area is 190 Å². The van der Waals surface area contributed by atoms with Crippen molar-refractivity contribution in [3.8, 4) is 17.1 Å². The molecule has 0 radical (unpaired) electrons. The van der Waals surface area contributed by atoms with Crippen LogP contribution in [0.15, 0.2) is 82.7 Å². The summed E-state index contributed by atoms with van der Waals surface area (Å²) in [5.41, 5.74) is 2.37. The van der Waals surface area contributed by atoms with Crippen molar-refractivity contribution in [2.45, 2.75) is 0 Å². The number of carbonyl (C=O) groups is 1. The van der Waals surface area contributed by atoms with Crippen molar-refractivity contribution < 1.29 is 14.6 Å². The number of ether oxygens (including phenoxy) is 1. The van der Waals surface area contributed by atoms with E-state index in [1.807, 2.05) is 61.5 Å². The van der Waals surface area contributed by atoms with Gasteiger partial charge in [-0.1, -0.05) is 42.5 Å². The monoisotopic (exact) mass is 442 g/mol. The molecule has 1 aromatic heterocycles. The van der Waals surface area contributed by atoms with E-state index in [0.29, 0.717) is 28.0 Å². The highest BCUT2D eigenvalue weighted by Crippen LogP contribution is 2.24. The fourth-order valence-electron chi connectivity index (χ4n) is 3.30. The van der Waals surface area contributed by atoms with Crippen LogP contribution in [0.25, 0.3) is 22.3 Å². The van der Waals surface area contributed by atoms with E-state index >= 15 is 0 Å². The lowest BCUT2D eigenvalue weighted by molar-refractivity contribution is -0.139. The van der Waals surface area contributed by atoms with Crippen LogP contribution in [0.1, 0.15) is 5.56 Å². The summed E-state index contributed by atoms with van der Waals surface area (Å²) in [4.78, 5) is 30.9. The summed E-state index contributed by atoms with van der Waals surface area (Å²) >= 11 is 0. The first-order valence-electron chi connectivity index (χ1n) is 10.2. The summed E-state index contributed by atoms with van der Waals surface area (Å²) < 4.78 is 6.72. The van der Waals surface area contributed by atoms with Crippen molar-refractivity contribution >= 4 is 28.8 Å². The average Bonchev–Trinajstić information content (AvgIpc) is 2.82. The van der Waals surface area contributed by atoms with Crippen molar-refractivity contribution in [1.82, 2.24) is 9.66 Å². The van der Waals surface area contributed by atoms with Gasteiger partial charge in [-0.3, -0.25) is 4.79 Å². The molecule has 1 heterocycles. The van der Waals surface area contributed by atoms with Gasteiger partial charge in [0.25, 0.3) is 5.56 Å². The van der Waals surface area contributed by atoms with Gasteiger partial charge in [-0.15, -0.1) is 0 Å². The molecule has 1 N–H and O–H groups in total. The number of rotatable bonds is 7. The molecule has 0 saturated heterocycles. The molecule has 0 bridgehead atoms. The Balaban J connectivity index is 1.85. The van der Waals surface area contributed by atoms with Crippen LogP contribution in [-0.4, -0.2) is 47.7 Å². The number of hydrogen-bond donors (Lipinski definition) is 1. The fourth-order valence-corrected chi connectivity index (χ4v) is 3.30. The minimum absolute atomic E-state index is 0.311. The van der Waals surface area contributed by atoms with Crippen LogP contribution < -0.4 is 15.2 Å². The van der Waals surface area contributed by atoms with E-state index < -0.39 is 12.6 Å². The van der Waals surface area contributed by atoms with Gasteiger partial charge in [0.2, 0.25) is 0 Å². The Morgan fingerprint density at radius 1 is 1.09 bits per heavy atom. The Morgan fingerprint density at radius 2 is 1.82 bits per heavy atom. The molecule has 166 valence electrons. The van der Waals surface area contributed by atoms with Gasteiger partial charge in [0.1, 0.15) is 5.75 Å². The lowest BCUT2D eigenvalue weighted by Gasteiger charge is -2.15. The van der Waals surface area contributed by atoms with Crippen LogP contribution in [-0.2, 0) is 4.79 Å². The van der Waals surface area contributed by atoms with Crippen molar-refractivity contribution in [2.24, 2.45) is 5.10 Å². The first kappa shape index (κ1) is 21.8. The molecule has 33 heavy (non-hydrogen) atoms. The van der Waals surface area contributed by atoms with E-state index in [1.54, 1.807) is 30.3 Å². The number of anilines is 1. The second-order valence-corrected chi connectivity index (χ2v) is 7.48. The molecule has 0 amide bonds. The molecule has 0 aliphatic rings. The quantitative estimate of drug-likeness (QED) is 0.440. The first-order valence-corrected chi connectivity index (χ1v) is 10.2. The molecule has 8 heteroatoms. The smallest absolute Gasteiger partial charge is 0.341 e. The second kappa shape index (κ2) is 9.35. The maximum atomic E-state index is 13.3. The third kappa shape index (κ3) is 4.74. The molecule has 0 atom stereocenters. The standard InChI is InChI=1S/C25H22N4O4/c1-28(2)19-13-12-18(22(14-19)33-16-23(30)31)15-26-29-24(17-8-4-3-5-9-17)27-21-11-7-6-10-20(21)25(29)32/h3-15H,16H2,1-2H3,(H,30,31). The molecule has 4 aromatic rings. The zero-order valence-corrected chi connectivity index (χ0v) is 18.2. The van der Waals surface area contributed by atoms with Crippen LogP contribution in [0.2, 0.25) is 0 Å². The number of aliphatic carboxylic acids is 1. The number of benzene rings is 3. The van der Waals surface area contributed by atoms with Gasteiger partial charge < -0.3 is 14.7 Å².